The summed E-state index contributed by atoms with van der Waals surface area (Å²) in [5.41, 5.74) is 1.77. The maximum atomic E-state index is 12.0. The van der Waals surface area contributed by atoms with E-state index in [1.165, 1.54) is 6.08 Å². The Morgan fingerprint density at radius 3 is 2.40 bits per heavy atom. The summed E-state index contributed by atoms with van der Waals surface area (Å²) in [6.07, 6.45) is 1.48. The van der Waals surface area contributed by atoms with Gasteiger partial charge in [-0.15, -0.1) is 0 Å². The van der Waals surface area contributed by atoms with Gasteiger partial charge in [0.1, 0.15) is 6.10 Å². The van der Waals surface area contributed by atoms with Gasteiger partial charge in [-0.1, -0.05) is 60.7 Å². The number of ether oxygens (including phenoxy) is 1. The van der Waals surface area contributed by atoms with Crippen LogP contribution in [-0.4, -0.2) is 12.3 Å². The number of hydrogen-bond donors (Lipinski definition) is 1. The lowest BCUT2D eigenvalue weighted by Gasteiger charge is -2.08. The zero-order chi connectivity index (χ0) is 13.8. The Morgan fingerprint density at radius 1 is 1.05 bits per heavy atom. The van der Waals surface area contributed by atoms with E-state index in [0.717, 1.165) is 5.56 Å². The summed E-state index contributed by atoms with van der Waals surface area (Å²) in [5, 5.41) is 3.12. The minimum Gasteiger partial charge on any atom is -0.469 e. The molecule has 0 unspecified atom stereocenters. The third-order valence-corrected chi connectivity index (χ3v) is 3.22. The van der Waals surface area contributed by atoms with E-state index in [0.29, 0.717) is 18.0 Å². The Kier molecular flexibility index (Phi) is 3.50. The molecule has 0 amide bonds. The normalized spacial score (nSPS) is 19.4. The summed E-state index contributed by atoms with van der Waals surface area (Å²) in [6.45, 7) is 0.678. The molecule has 1 fully saturated rings. The second kappa shape index (κ2) is 5.61. The van der Waals surface area contributed by atoms with E-state index >= 15 is 0 Å². The first-order valence-electron chi connectivity index (χ1n) is 6.59. The fraction of sp³-hybridized carbons (Fsp3) is 0.118. The van der Waals surface area contributed by atoms with Gasteiger partial charge in [0.2, 0.25) is 0 Å². The van der Waals surface area contributed by atoms with Gasteiger partial charge in [0.15, 0.2) is 11.7 Å². The van der Waals surface area contributed by atoms with E-state index < -0.39 is 0 Å². The Bertz CT molecular complexity index is 620. The van der Waals surface area contributed by atoms with Crippen molar-refractivity contribution in [2.24, 2.45) is 0 Å². The van der Waals surface area contributed by atoms with Crippen molar-refractivity contribution in [1.82, 2.24) is 5.32 Å². The van der Waals surface area contributed by atoms with Crippen LogP contribution in [-0.2, 0) is 4.74 Å². The zero-order valence-electron chi connectivity index (χ0n) is 11.0. The molecule has 0 radical (unpaired) electrons. The predicted octanol–water partition coefficient (Wildman–Crippen LogP) is 3.07. The first-order chi connectivity index (χ1) is 9.83. The molecule has 1 saturated heterocycles. The van der Waals surface area contributed by atoms with Gasteiger partial charge in [0.25, 0.3) is 0 Å². The maximum absolute atomic E-state index is 12.0. The molecule has 3 nitrogen and oxygen atoms in total. The van der Waals surface area contributed by atoms with E-state index in [4.69, 9.17) is 4.74 Å². The molecule has 1 aliphatic rings. The summed E-state index contributed by atoms with van der Waals surface area (Å²) in [6, 6.07) is 19.2. The van der Waals surface area contributed by atoms with Crippen LogP contribution in [0, 0.1) is 0 Å². The Morgan fingerprint density at radius 2 is 1.70 bits per heavy atom. The Balaban J connectivity index is 1.71. The third kappa shape index (κ3) is 2.72. The molecule has 3 heteroatoms. The van der Waals surface area contributed by atoms with E-state index in [9.17, 15) is 4.79 Å². The molecular formula is C17H15NO2. The highest BCUT2D eigenvalue weighted by atomic mass is 16.5. The third-order valence-electron chi connectivity index (χ3n) is 3.22. The molecular weight excluding hydrogens is 250 g/mol. The molecule has 1 N–H and O–H groups in total. The van der Waals surface area contributed by atoms with Gasteiger partial charge in [-0.3, -0.25) is 4.79 Å². The maximum Gasteiger partial charge on any atom is 0.191 e. The van der Waals surface area contributed by atoms with Crippen molar-refractivity contribution in [2.75, 3.05) is 6.54 Å². The van der Waals surface area contributed by atoms with E-state index in [2.05, 4.69) is 5.32 Å². The van der Waals surface area contributed by atoms with Gasteiger partial charge in [-0.25, -0.2) is 0 Å². The SMILES string of the molecule is O=C(/C=C1\NC[C@@H](c2ccccc2)O1)c1ccccc1. The second-order valence-electron chi connectivity index (χ2n) is 4.64. The summed E-state index contributed by atoms with van der Waals surface area (Å²) in [4.78, 5) is 12.0. The molecule has 0 aromatic heterocycles. The van der Waals surface area contributed by atoms with Gasteiger partial charge < -0.3 is 10.1 Å². The van der Waals surface area contributed by atoms with Crippen LogP contribution in [0.2, 0.25) is 0 Å². The molecule has 20 heavy (non-hydrogen) atoms. The molecule has 2 aromatic carbocycles. The highest BCUT2D eigenvalue weighted by Gasteiger charge is 2.22. The fourth-order valence-electron chi connectivity index (χ4n) is 2.17. The average molecular weight is 265 g/mol. The number of carbonyl (C=O) groups is 1. The van der Waals surface area contributed by atoms with Crippen LogP contribution >= 0.6 is 0 Å². The monoisotopic (exact) mass is 265 g/mol. The minimum atomic E-state index is -0.0539. The standard InChI is InChI=1S/C17H15NO2/c19-15(13-7-3-1-4-8-13)11-17-18-12-16(20-17)14-9-5-2-6-10-14/h1-11,16,18H,12H2/b17-11+/t16-/m0/s1. The molecule has 1 aliphatic heterocycles. The fourth-order valence-corrected chi connectivity index (χ4v) is 2.17. The lowest BCUT2D eigenvalue weighted by atomic mass is 10.1. The second-order valence-corrected chi connectivity index (χ2v) is 4.64. The molecule has 0 spiro atoms. The summed E-state index contributed by atoms with van der Waals surface area (Å²) in [5.74, 6) is 0.481. The quantitative estimate of drug-likeness (QED) is 0.684. The van der Waals surface area contributed by atoms with Crippen molar-refractivity contribution in [3.05, 3.63) is 83.7 Å². The number of carbonyl (C=O) groups excluding carboxylic acids is 1. The van der Waals surface area contributed by atoms with Crippen molar-refractivity contribution in [3.63, 3.8) is 0 Å². The molecule has 3 rings (SSSR count). The molecule has 0 saturated carbocycles. The van der Waals surface area contributed by atoms with Crippen LogP contribution in [0.25, 0.3) is 0 Å². The average Bonchev–Trinajstić information content (AvgIpc) is 2.97. The van der Waals surface area contributed by atoms with E-state index in [1.807, 2.05) is 48.5 Å². The molecule has 1 atom stereocenters. The van der Waals surface area contributed by atoms with Crippen molar-refractivity contribution in [2.45, 2.75) is 6.10 Å². The predicted molar refractivity (Wildman–Crippen MR) is 77.1 cm³/mol. The largest absolute Gasteiger partial charge is 0.469 e. The number of nitrogens with one attached hydrogen (secondary N) is 1. The van der Waals surface area contributed by atoms with Crippen LogP contribution in [0.3, 0.4) is 0 Å². The van der Waals surface area contributed by atoms with Crippen molar-refractivity contribution >= 4 is 5.78 Å². The van der Waals surface area contributed by atoms with Crippen molar-refractivity contribution in [1.29, 1.82) is 0 Å². The Labute approximate surface area is 117 Å². The van der Waals surface area contributed by atoms with Crippen LogP contribution < -0.4 is 5.32 Å². The highest BCUT2D eigenvalue weighted by molar-refractivity contribution is 6.04. The van der Waals surface area contributed by atoms with Crippen molar-refractivity contribution < 1.29 is 9.53 Å². The first-order valence-corrected chi connectivity index (χ1v) is 6.59. The van der Waals surface area contributed by atoms with E-state index in [-0.39, 0.29) is 11.9 Å². The van der Waals surface area contributed by atoms with Gasteiger partial charge in [0.05, 0.1) is 6.54 Å². The number of benzene rings is 2. The van der Waals surface area contributed by atoms with Crippen LogP contribution in [0.1, 0.15) is 22.0 Å². The van der Waals surface area contributed by atoms with Crippen molar-refractivity contribution in [3.8, 4) is 0 Å². The summed E-state index contributed by atoms with van der Waals surface area (Å²) < 4.78 is 5.77. The highest BCUT2D eigenvalue weighted by Crippen LogP contribution is 2.24. The van der Waals surface area contributed by atoms with Gasteiger partial charge in [-0.2, -0.15) is 0 Å². The van der Waals surface area contributed by atoms with E-state index in [1.54, 1.807) is 12.1 Å². The molecule has 1 heterocycles. The lowest BCUT2D eigenvalue weighted by Crippen LogP contribution is -2.08. The van der Waals surface area contributed by atoms with Gasteiger partial charge >= 0.3 is 0 Å². The number of hydrogen-bond acceptors (Lipinski definition) is 3. The number of rotatable bonds is 3. The molecule has 100 valence electrons. The van der Waals surface area contributed by atoms with Gasteiger partial charge in [-0.05, 0) is 5.56 Å². The molecule has 0 aliphatic carbocycles. The smallest absolute Gasteiger partial charge is 0.191 e. The zero-order valence-corrected chi connectivity index (χ0v) is 11.0. The summed E-state index contributed by atoms with van der Waals surface area (Å²) >= 11 is 0. The molecule has 0 bridgehead atoms. The van der Waals surface area contributed by atoms with Crippen LogP contribution in [0.15, 0.2) is 72.6 Å². The van der Waals surface area contributed by atoms with Crippen LogP contribution in [0.4, 0.5) is 0 Å². The Hall–Kier alpha value is -2.55. The topological polar surface area (TPSA) is 38.3 Å². The van der Waals surface area contributed by atoms with Gasteiger partial charge in [0, 0.05) is 11.6 Å². The molecule has 2 aromatic rings. The minimum absolute atomic E-state index is 0.0361. The number of allylic oxidation sites excluding steroid dienone is 1. The van der Waals surface area contributed by atoms with Crippen LogP contribution in [0.5, 0.6) is 0 Å². The lowest BCUT2D eigenvalue weighted by molar-refractivity contribution is 0.103. The number of ketones is 1. The first kappa shape index (κ1) is 12.5. The summed E-state index contributed by atoms with van der Waals surface area (Å²) in [7, 11) is 0.